The molecule has 1 aliphatic rings. The Morgan fingerprint density at radius 3 is 2.63 bits per heavy atom. The minimum Gasteiger partial charge on any atom is -0.497 e. The molecule has 1 aliphatic carbocycles. The van der Waals surface area contributed by atoms with Gasteiger partial charge >= 0.3 is 0 Å². The molecular formula is C15H19NO3. The molecule has 0 radical (unpaired) electrons. The number of benzene rings is 1. The highest BCUT2D eigenvalue weighted by molar-refractivity contribution is 5.91. The third kappa shape index (κ3) is 3.83. The minimum absolute atomic E-state index is 0.184. The van der Waals surface area contributed by atoms with Crippen LogP contribution >= 0.6 is 0 Å². The largest absolute Gasteiger partial charge is 0.497 e. The fraction of sp³-hybridized carbons (Fsp3) is 0.400. The van der Waals surface area contributed by atoms with Crippen molar-refractivity contribution in [3.05, 3.63) is 35.9 Å². The zero-order chi connectivity index (χ0) is 13.7. The van der Waals surface area contributed by atoms with Crippen LogP contribution in [-0.4, -0.2) is 30.3 Å². The molecule has 2 N–H and O–H groups in total. The smallest absolute Gasteiger partial charge is 0.244 e. The number of methoxy groups -OCH3 is 1. The number of nitrogens with one attached hydrogen (secondary N) is 1. The summed E-state index contributed by atoms with van der Waals surface area (Å²) in [5.74, 6) is 0.602. The molecule has 0 atom stereocenters. The van der Waals surface area contributed by atoms with Gasteiger partial charge in [-0.25, -0.2) is 0 Å². The summed E-state index contributed by atoms with van der Waals surface area (Å²) in [6.45, 7) is 0.332. The van der Waals surface area contributed by atoms with Gasteiger partial charge in [0.05, 0.1) is 12.7 Å². The van der Waals surface area contributed by atoms with Gasteiger partial charge in [0.2, 0.25) is 5.91 Å². The maximum Gasteiger partial charge on any atom is 0.244 e. The van der Waals surface area contributed by atoms with Crippen LogP contribution in [0.2, 0.25) is 0 Å². The number of hydrogen-bond acceptors (Lipinski definition) is 3. The molecule has 0 heterocycles. The van der Waals surface area contributed by atoms with Gasteiger partial charge in [-0.3, -0.25) is 4.79 Å². The lowest BCUT2D eigenvalue weighted by atomic mass is 9.80. The molecule has 0 bridgehead atoms. The van der Waals surface area contributed by atoms with Crippen molar-refractivity contribution in [1.29, 1.82) is 0 Å². The molecule has 102 valence electrons. The van der Waals surface area contributed by atoms with Gasteiger partial charge in [0.25, 0.3) is 0 Å². The Kier molecular flexibility index (Phi) is 4.22. The van der Waals surface area contributed by atoms with Crippen LogP contribution in [0.3, 0.4) is 0 Å². The molecule has 1 aromatic carbocycles. The van der Waals surface area contributed by atoms with E-state index in [1.807, 2.05) is 24.3 Å². The molecule has 4 nitrogen and oxygen atoms in total. The molecule has 0 aliphatic heterocycles. The topological polar surface area (TPSA) is 58.6 Å². The maximum absolute atomic E-state index is 11.6. The third-order valence-corrected chi connectivity index (χ3v) is 3.42. The first-order chi connectivity index (χ1) is 9.11. The molecule has 0 saturated heterocycles. The monoisotopic (exact) mass is 261 g/mol. The molecule has 4 heteroatoms. The van der Waals surface area contributed by atoms with Crippen LogP contribution < -0.4 is 10.1 Å². The number of carbonyl (C=O) groups excluding carboxylic acids is 1. The van der Waals surface area contributed by atoms with Gasteiger partial charge in [-0.05, 0) is 43.0 Å². The predicted octanol–water partition coefficient (Wildman–Crippen LogP) is 1.74. The zero-order valence-electron chi connectivity index (χ0n) is 11.1. The van der Waals surface area contributed by atoms with Crippen molar-refractivity contribution in [2.75, 3.05) is 13.7 Å². The van der Waals surface area contributed by atoms with Crippen LogP contribution in [0.1, 0.15) is 24.8 Å². The SMILES string of the molecule is COc1ccc(/C=C/C(=O)NCC2(O)CCC2)cc1. The number of carbonyl (C=O) groups is 1. The zero-order valence-corrected chi connectivity index (χ0v) is 11.1. The quantitative estimate of drug-likeness (QED) is 0.794. The summed E-state index contributed by atoms with van der Waals surface area (Å²) in [6, 6.07) is 7.44. The summed E-state index contributed by atoms with van der Waals surface area (Å²) in [7, 11) is 1.61. The summed E-state index contributed by atoms with van der Waals surface area (Å²) in [5.41, 5.74) is 0.252. The van der Waals surface area contributed by atoms with Gasteiger partial charge in [-0.1, -0.05) is 12.1 Å². The van der Waals surface area contributed by atoms with Gasteiger partial charge < -0.3 is 15.2 Å². The fourth-order valence-corrected chi connectivity index (χ4v) is 1.96. The van der Waals surface area contributed by atoms with Gasteiger partial charge in [-0.15, -0.1) is 0 Å². The lowest BCUT2D eigenvalue weighted by molar-refractivity contribution is -0.118. The van der Waals surface area contributed by atoms with E-state index in [0.717, 1.165) is 30.6 Å². The fourth-order valence-electron chi connectivity index (χ4n) is 1.96. The second-order valence-corrected chi connectivity index (χ2v) is 4.90. The van der Waals surface area contributed by atoms with E-state index in [1.165, 1.54) is 6.08 Å². The summed E-state index contributed by atoms with van der Waals surface area (Å²) in [4.78, 5) is 11.6. The highest BCUT2D eigenvalue weighted by atomic mass is 16.5. The lowest BCUT2D eigenvalue weighted by Gasteiger charge is -2.36. The highest BCUT2D eigenvalue weighted by Crippen LogP contribution is 2.30. The molecule has 0 aromatic heterocycles. The predicted molar refractivity (Wildman–Crippen MR) is 73.8 cm³/mol. The van der Waals surface area contributed by atoms with E-state index in [2.05, 4.69) is 5.32 Å². The van der Waals surface area contributed by atoms with Gasteiger partial charge in [0.15, 0.2) is 0 Å². The molecule has 1 amide bonds. The molecule has 1 fully saturated rings. The number of aliphatic hydroxyl groups is 1. The van der Waals surface area contributed by atoms with E-state index in [9.17, 15) is 9.90 Å². The normalized spacial score (nSPS) is 16.9. The molecular weight excluding hydrogens is 242 g/mol. The van der Waals surface area contributed by atoms with E-state index in [1.54, 1.807) is 13.2 Å². The van der Waals surface area contributed by atoms with Crippen molar-refractivity contribution in [2.45, 2.75) is 24.9 Å². The van der Waals surface area contributed by atoms with E-state index < -0.39 is 5.60 Å². The van der Waals surface area contributed by atoms with Crippen LogP contribution in [0.25, 0.3) is 6.08 Å². The van der Waals surface area contributed by atoms with E-state index in [4.69, 9.17) is 4.74 Å². The highest BCUT2D eigenvalue weighted by Gasteiger charge is 2.34. The summed E-state index contributed by atoms with van der Waals surface area (Å²) in [6.07, 6.45) is 5.79. The van der Waals surface area contributed by atoms with Crippen molar-refractivity contribution >= 4 is 12.0 Å². The lowest BCUT2D eigenvalue weighted by Crippen LogP contribution is -2.47. The van der Waals surface area contributed by atoms with Crippen molar-refractivity contribution in [3.63, 3.8) is 0 Å². The first-order valence-electron chi connectivity index (χ1n) is 6.44. The van der Waals surface area contributed by atoms with Gasteiger partial charge in [-0.2, -0.15) is 0 Å². The van der Waals surface area contributed by atoms with Crippen LogP contribution in [0, 0.1) is 0 Å². The summed E-state index contributed by atoms with van der Waals surface area (Å²) < 4.78 is 5.06. The Morgan fingerprint density at radius 2 is 2.11 bits per heavy atom. The average molecular weight is 261 g/mol. The van der Waals surface area contributed by atoms with Crippen LogP contribution in [0.5, 0.6) is 5.75 Å². The van der Waals surface area contributed by atoms with Crippen molar-refractivity contribution in [1.82, 2.24) is 5.32 Å². The number of ether oxygens (including phenoxy) is 1. The standard InChI is InChI=1S/C15H19NO3/c1-19-13-6-3-12(4-7-13)5-8-14(17)16-11-15(18)9-2-10-15/h3-8,18H,2,9-11H2,1H3,(H,16,17)/b8-5+. The van der Waals surface area contributed by atoms with Gasteiger partial charge in [0.1, 0.15) is 5.75 Å². The van der Waals surface area contributed by atoms with Crippen molar-refractivity contribution < 1.29 is 14.6 Å². The van der Waals surface area contributed by atoms with Crippen LogP contribution in [0.15, 0.2) is 30.3 Å². The number of hydrogen-bond donors (Lipinski definition) is 2. The average Bonchev–Trinajstić information content (AvgIpc) is 2.41. The molecule has 0 unspecified atom stereocenters. The van der Waals surface area contributed by atoms with Crippen molar-refractivity contribution in [2.24, 2.45) is 0 Å². The third-order valence-electron chi connectivity index (χ3n) is 3.42. The molecule has 1 aromatic rings. The number of amides is 1. The Morgan fingerprint density at radius 1 is 1.42 bits per heavy atom. The van der Waals surface area contributed by atoms with E-state index >= 15 is 0 Å². The maximum atomic E-state index is 11.6. The Bertz CT molecular complexity index is 461. The second kappa shape index (κ2) is 5.89. The second-order valence-electron chi connectivity index (χ2n) is 4.90. The van der Waals surface area contributed by atoms with Crippen LogP contribution in [-0.2, 0) is 4.79 Å². The first-order valence-corrected chi connectivity index (χ1v) is 6.44. The Hall–Kier alpha value is -1.81. The molecule has 2 rings (SSSR count). The summed E-state index contributed by atoms with van der Waals surface area (Å²) >= 11 is 0. The molecule has 19 heavy (non-hydrogen) atoms. The van der Waals surface area contributed by atoms with Crippen molar-refractivity contribution in [3.8, 4) is 5.75 Å². The van der Waals surface area contributed by atoms with Gasteiger partial charge in [0, 0.05) is 12.6 Å². The van der Waals surface area contributed by atoms with E-state index in [-0.39, 0.29) is 5.91 Å². The first kappa shape index (κ1) is 13.6. The Balaban J connectivity index is 1.81. The minimum atomic E-state index is -0.677. The van der Waals surface area contributed by atoms with E-state index in [0.29, 0.717) is 6.54 Å². The summed E-state index contributed by atoms with van der Waals surface area (Å²) in [5, 5.41) is 12.6. The van der Waals surface area contributed by atoms with Crippen LogP contribution in [0.4, 0.5) is 0 Å². The Labute approximate surface area is 113 Å². The molecule has 0 spiro atoms. The number of rotatable bonds is 5. The molecule has 1 saturated carbocycles.